The smallest absolute Gasteiger partial charge is 0.252 e. The molecule has 1 heterocycles. The highest BCUT2D eigenvalue weighted by Crippen LogP contribution is 2.20. The van der Waals surface area contributed by atoms with E-state index < -0.39 is 0 Å². The summed E-state index contributed by atoms with van der Waals surface area (Å²) in [4.78, 5) is 4.01. The van der Waals surface area contributed by atoms with Gasteiger partial charge in [0.2, 0.25) is 11.6 Å². The Balaban J connectivity index is 2.08. The summed E-state index contributed by atoms with van der Waals surface area (Å²) in [6, 6.07) is 9.35. The Morgan fingerprint density at radius 3 is 3.09 bits per heavy atom. The third-order valence-corrected chi connectivity index (χ3v) is 2.70. The number of hydrogen-bond donors (Lipinski definition) is 1. The van der Waals surface area contributed by atoms with Crippen molar-refractivity contribution in [2.75, 3.05) is 12.0 Å². The maximum Gasteiger partial charge on any atom is 0.252 e. The second-order valence-electron chi connectivity index (χ2n) is 4.63. The molecule has 0 spiro atoms. The monoisotopic (exact) mass is 308 g/mol. The fraction of sp³-hybridized carbons (Fsp3) is 0.118. The van der Waals surface area contributed by atoms with Crippen molar-refractivity contribution in [1.29, 1.82) is 5.26 Å². The molecule has 0 amide bonds. The van der Waals surface area contributed by atoms with Crippen LogP contribution in [0.25, 0.3) is 5.57 Å². The second-order valence-corrected chi connectivity index (χ2v) is 4.63. The summed E-state index contributed by atoms with van der Waals surface area (Å²) in [5.74, 6) is 1.20. The Hall–Kier alpha value is -3.33. The van der Waals surface area contributed by atoms with Crippen molar-refractivity contribution >= 4 is 17.7 Å². The number of anilines is 1. The molecule has 6 nitrogen and oxygen atoms in total. The summed E-state index contributed by atoms with van der Waals surface area (Å²) >= 11 is 0. The summed E-state index contributed by atoms with van der Waals surface area (Å²) in [6.45, 7) is 9.51. The molecule has 23 heavy (non-hydrogen) atoms. The van der Waals surface area contributed by atoms with E-state index in [0.29, 0.717) is 18.1 Å². The van der Waals surface area contributed by atoms with Gasteiger partial charge in [0.1, 0.15) is 18.4 Å². The Morgan fingerprint density at radius 2 is 2.39 bits per heavy atom. The molecule has 0 radical (unpaired) electrons. The van der Waals surface area contributed by atoms with Crippen LogP contribution in [-0.4, -0.2) is 17.8 Å². The van der Waals surface area contributed by atoms with Gasteiger partial charge in [0.25, 0.3) is 5.88 Å². The summed E-state index contributed by atoms with van der Waals surface area (Å²) in [7, 11) is 0. The highest BCUT2D eigenvalue weighted by atomic mass is 16.5. The Bertz CT molecular complexity index is 784. The number of hydrazone groups is 1. The minimum atomic E-state index is 0.128. The van der Waals surface area contributed by atoms with Crippen LogP contribution < -0.4 is 10.2 Å². The maximum absolute atomic E-state index is 9.03. The minimum absolute atomic E-state index is 0.128. The van der Waals surface area contributed by atoms with E-state index in [1.165, 1.54) is 0 Å². The molecule has 6 heteroatoms. The topological polar surface area (TPSA) is 83.4 Å². The number of ether oxygens (including phenoxy) is 1. The van der Waals surface area contributed by atoms with Gasteiger partial charge >= 0.3 is 0 Å². The van der Waals surface area contributed by atoms with E-state index in [9.17, 15) is 0 Å². The number of benzene rings is 1. The molecule has 0 unspecified atom stereocenters. The van der Waals surface area contributed by atoms with Gasteiger partial charge in [-0.2, -0.15) is 15.3 Å². The number of aromatic nitrogens is 1. The molecule has 0 saturated carbocycles. The first kappa shape index (κ1) is 16.0. The number of allylic oxidation sites excluding steroid dienone is 1. The largest absolute Gasteiger partial charge is 0.490 e. The predicted molar refractivity (Wildman–Crippen MR) is 89.3 cm³/mol. The molecule has 116 valence electrons. The van der Waals surface area contributed by atoms with Gasteiger partial charge in [-0.05, 0) is 24.6 Å². The predicted octanol–water partition coefficient (Wildman–Crippen LogP) is 3.59. The molecule has 0 aliphatic heterocycles. The molecule has 0 saturated heterocycles. The lowest BCUT2D eigenvalue weighted by Gasteiger charge is -2.03. The fourth-order valence-corrected chi connectivity index (χ4v) is 1.66. The number of rotatable bonds is 7. The van der Waals surface area contributed by atoms with E-state index in [0.717, 1.165) is 11.3 Å². The van der Waals surface area contributed by atoms with Crippen LogP contribution in [0.4, 0.5) is 5.88 Å². The van der Waals surface area contributed by atoms with Gasteiger partial charge < -0.3 is 9.15 Å². The van der Waals surface area contributed by atoms with Crippen molar-refractivity contribution in [3.63, 3.8) is 0 Å². The first-order valence-corrected chi connectivity index (χ1v) is 6.83. The zero-order valence-electron chi connectivity index (χ0n) is 12.7. The van der Waals surface area contributed by atoms with Crippen molar-refractivity contribution in [3.8, 4) is 11.8 Å². The van der Waals surface area contributed by atoms with E-state index in [1.807, 2.05) is 30.3 Å². The Morgan fingerprint density at radius 1 is 1.57 bits per heavy atom. The van der Waals surface area contributed by atoms with Crippen LogP contribution in [0.5, 0.6) is 5.75 Å². The van der Waals surface area contributed by atoms with E-state index in [1.54, 1.807) is 19.2 Å². The van der Waals surface area contributed by atoms with Gasteiger partial charge in [-0.25, -0.2) is 5.43 Å². The zero-order valence-corrected chi connectivity index (χ0v) is 12.7. The van der Waals surface area contributed by atoms with Crippen molar-refractivity contribution in [2.24, 2.45) is 5.10 Å². The molecule has 1 N–H and O–H groups in total. The number of nitrogens with one attached hydrogen (secondary N) is 1. The molecular weight excluding hydrogens is 292 g/mol. The highest BCUT2D eigenvalue weighted by Gasteiger charge is 2.12. The molecule has 0 aliphatic carbocycles. The standard InChI is InChI=1S/C17H16N4O2/c1-4-8-22-14-7-5-6-13(9-14)11-19-21-17-15(10-18)20-16(23-17)12(2)3/h4-7,9,11,21H,1-2,8H2,3H3/b19-11-. The first-order chi connectivity index (χ1) is 11.1. The molecule has 2 aromatic rings. The van der Waals surface area contributed by atoms with Crippen LogP contribution in [0.3, 0.4) is 0 Å². The van der Waals surface area contributed by atoms with E-state index in [-0.39, 0.29) is 11.6 Å². The van der Waals surface area contributed by atoms with Crippen molar-refractivity contribution in [2.45, 2.75) is 6.92 Å². The third-order valence-electron chi connectivity index (χ3n) is 2.70. The molecule has 1 aromatic carbocycles. The van der Waals surface area contributed by atoms with Crippen LogP contribution >= 0.6 is 0 Å². The van der Waals surface area contributed by atoms with Crippen LogP contribution in [0.15, 0.2) is 53.0 Å². The molecule has 1 aromatic heterocycles. The van der Waals surface area contributed by atoms with Crippen LogP contribution in [0, 0.1) is 11.3 Å². The zero-order chi connectivity index (χ0) is 16.7. The van der Waals surface area contributed by atoms with Crippen LogP contribution in [-0.2, 0) is 0 Å². The fourth-order valence-electron chi connectivity index (χ4n) is 1.66. The van der Waals surface area contributed by atoms with Crippen LogP contribution in [0.1, 0.15) is 24.1 Å². The van der Waals surface area contributed by atoms with Crippen molar-refractivity contribution < 1.29 is 9.15 Å². The lowest BCUT2D eigenvalue weighted by molar-refractivity contribution is 0.363. The van der Waals surface area contributed by atoms with Gasteiger partial charge in [0, 0.05) is 5.57 Å². The van der Waals surface area contributed by atoms with Crippen molar-refractivity contribution in [3.05, 3.63) is 60.6 Å². The summed E-state index contributed by atoms with van der Waals surface area (Å²) < 4.78 is 10.8. The summed E-state index contributed by atoms with van der Waals surface area (Å²) in [5.41, 5.74) is 4.26. The number of oxazole rings is 1. The number of nitriles is 1. The SMILES string of the molecule is C=CCOc1cccc(/C=N\Nc2oc(C(=C)C)nc2C#N)c1. The summed E-state index contributed by atoms with van der Waals surface area (Å²) in [5, 5.41) is 13.1. The Kier molecular flexibility index (Phi) is 5.31. The lowest BCUT2D eigenvalue weighted by atomic mass is 10.2. The van der Waals surface area contributed by atoms with Crippen LogP contribution in [0.2, 0.25) is 0 Å². The average Bonchev–Trinajstić information content (AvgIpc) is 2.97. The van der Waals surface area contributed by atoms with Gasteiger partial charge in [-0.3, -0.25) is 0 Å². The molecule has 0 aliphatic rings. The minimum Gasteiger partial charge on any atom is -0.490 e. The molecule has 0 atom stereocenters. The highest BCUT2D eigenvalue weighted by molar-refractivity contribution is 5.80. The number of nitrogens with zero attached hydrogens (tertiary/aromatic N) is 3. The number of hydrogen-bond acceptors (Lipinski definition) is 6. The molecule has 0 fully saturated rings. The molecule has 2 rings (SSSR count). The van der Waals surface area contributed by atoms with Crippen molar-refractivity contribution in [1.82, 2.24) is 4.98 Å². The third kappa shape index (κ3) is 4.32. The van der Waals surface area contributed by atoms with E-state index >= 15 is 0 Å². The van der Waals surface area contributed by atoms with Gasteiger partial charge in [-0.15, -0.1) is 0 Å². The molecular formula is C17H16N4O2. The van der Waals surface area contributed by atoms with E-state index in [4.69, 9.17) is 14.4 Å². The first-order valence-electron chi connectivity index (χ1n) is 6.83. The molecule has 0 bridgehead atoms. The maximum atomic E-state index is 9.03. The quantitative estimate of drug-likeness (QED) is 0.480. The van der Waals surface area contributed by atoms with Gasteiger partial charge in [0.05, 0.1) is 6.21 Å². The van der Waals surface area contributed by atoms with Gasteiger partial charge in [0.15, 0.2) is 0 Å². The van der Waals surface area contributed by atoms with Gasteiger partial charge in [-0.1, -0.05) is 31.4 Å². The van der Waals surface area contributed by atoms with E-state index in [2.05, 4.69) is 28.7 Å². The second kappa shape index (κ2) is 7.61. The normalized spacial score (nSPS) is 10.3. The Labute approximate surface area is 134 Å². The summed E-state index contributed by atoms with van der Waals surface area (Å²) in [6.07, 6.45) is 3.26. The lowest BCUT2D eigenvalue weighted by Crippen LogP contribution is -1.94. The average molecular weight is 308 g/mol.